The summed E-state index contributed by atoms with van der Waals surface area (Å²) in [4.78, 5) is 29.6. The van der Waals surface area contributed by atoms with Crippen LogP contribution in [0.5, 0.6) is 0 Å². The van der Waals surface area contributed by atoms with Crippen molar-refractivity contribution in [2.24, 2.45) is 0 Å². The van der Waals surface area contributed by atoms with Gasteiger partial charge in [0.25, 0.3) is 0 Å². The van der Waals surface area contributed by atoms with Gasteiger partial charge in [-0.15, -0.1) is 10.2 Å². The summed E-state index contributed by atoms with van der Waals surface area (Å²) in [7, 11) is 0. The average Bonchev–Trinajstić information content (AvgIpc) is 3.27. The number of hydrogen-bond acceptors (Lipinski definition) is 5. The predicted octanol–water partition coefficient (Wildman–Crippen LogP) is 3.95. The zero-order valence-electron chi connectivity index (χ0n) is 16.7. The average molecular weight is 417 g/mol. The van der Waals surface area contributed by atoms with Crippen LogP contribution >= 0.6 is 11.8 Å². The molecule has 0 spiro atoms. The third-order valence-electron chi connectivity index (χ3n) is 5.27. The van der Waals surface area contributed by atoms with Crippen molar-refractivity contribution < 1.29 is 4.79 Å². The normalized spacial score (nSPS) is 11.7. The summed E-state index contributed by atoms with van der Waals surface area (Å²) in [6.07, 6.45) is 0. The van der Waals surface area contributed by atoms with Crippen LogP contribution < -0.4 is 5.69 Å². The van der Waals surface area contributed by atoms with E-state index in [9.17, 15) is 9.59 Å². The van der Waals surface area contributed by atoms with Gasteiger partial charge in [0.2, 0.25) is 0 Å². The summed E-state index contributed by atoms with van der Waals surface area (Å²) in [5, 5.41) is 10.5. The molecule has 3 heterocycles. The zero-order valence-corrected chi connectivity index (χ0v) is 17.6. The largest absolute Gasteiger partial charge is 0.323 e. The van der Waals surface area contributed by atoms with Crippen LogP contribution in [0.25, 0.3) is 27.6 Å². The second kappa shape index (κ2) is 6.84. The number of imidazole rings is 1. The lowest BCUT2D eigenvalue weighted by atomic mass is 10.0. The minimum atomic E-state index is -0.285. The number of thioether (sulfide) groups is 1. The minimum absolute atomic E-state index is 0.0373. The monoisotopic (exact) mass is 417 g/mol. The summed E-state index contributed by atoms with van der Waals surface area (Å²) in [6.45, 7) is 6.25. The third-order valence-corrected chi connectivity index (χ3v) is 6.20. The van der Waals surface area contributed by atoms with Gasteiger partial charge in [0.15, 0.2) is 16.6 Å². The third kappa shape index (κ3) is 3.00. The molecule has 30 heavy (non-hydrogen) atoms. The number of fused-ring (bicyclic) bond motifs is 4. The van der Waals surface area contributed by atoms with Crippen molar-refractivity contribution >= 4 is 45.1 Å². The SMILES string of the molecule is Cc1cc(C)c2c(c1)c(C)cc1nnc(SCC(=O)c3ccc4[nH]c(=O)[nH]c4c3)n12. The fourth-order valence-corrected chi connectivity index (χ4v) is 4.77. The van der Waals surface area contributed by atoms with Crippen molar-refractivity contribution in [3.63, 3.8) is 0 Å². The first kappa shape index (κ1) is 18.6. The van der Waals surface area contributed by atoms with Gasteiger partial charge in [0.05, 0.1) is 22.3 Å². The van der Waals surface area contributed by atoms with Crippen molar-refractivity contribution in [3.8, 4) is 0 Å². The molecular formula is C22H19N5O2S. The standard InChI is InChI=1S/C22H19N5O2S/c1-11-6-13(3)20-15(7-11)12(2)8-19-25-26-22(27(19)20)30-10-18(28)14-4-5-16-17(9-14)24-21(29)23-16/h4-9H,10H2,1-3H3,(H2,23,24,29). The van der Waals surface area contributed by atoms with E-state index in [2.05, 4.69) is 53.1 Å². The Balaban J connectivity index is 1.51. The molecule has 0 fully saturated rings. The first-order chi connectivity index (χ1) is 14.4. The van der Waals surface area contributed by atoms with Crippen molar-refractivity contribution in [1.29, 1.82) is 0 Å². The Kier molecular flexibility index (Phi) is 4.25. The number of carbonyl (C=O) groups is 1. The molecule has 0 bridgehead atoms. The first-order valence-corrected chi connectivity index (χ1v) is 10.5. The Hall–Kier alpha value is -3.39. The van der Waals surface area contributed by atoms with Crippen LogP contribution in [0.1, 0.15) is 27.0 Å². The predicted molar refractivity (Wildman–Crippen MR) is 119 cm³/mol. The Bertz CT molecular complexity index is 1530. The Morgan fingerprint density at radius 1 is 1.00 bits per heavy atom. The smallest absolute Gasteiger partial charge is 0.306 e. The molecule has 0 unspecified atom stereocenters. The Morgan fingerprint density at radius 2 is 1.80 bits per heavy atom. The first-order valence-electron chi connectivity index (χ1n) is 9.54. The van der Waals surface area contributed by atoms with Crippen molar-refractivity contribution in [2.75, 3.05) is 5.75 Å². The summed E-state index contributed by atoms with van der Waals surface area (Å²) >= 11 is 1.36. The molecule has 7 nitrogen and oxygen atoms in total. The molecule has 5 rings (SSSR count). The maximum atomic E-state index is 12.8. The number of H-pyrrole nitrogens is 2. The number of nitrogens with zero attached hydrogens (tertiary/aromatic N) is 3. The lowest BCUT2D eigenvalue weighted by Gasteiger charge is -2.11. The molecule has 5 aromatic rings. The van der Waals surface area contributed by atoms with Gasteiger partial charge in [-0.05, 0) is 62.2 Å². The molecule has 0 amide bonds. The lowest BCUT2D eigenvalue weighted by molar-refractivity contribution is 0.102. The van der Waals surface area contributed by atoms with Crippen LogP contribution in [0, 0.1) is 20.8 Å². The highest BCUT2D eigenvalue weighted by atomic mass is 32.2. The molecule has 150 valence electrons. The summed E-state index contributed by atoms with van der Waals surface area (Å²) < 4.78 is 2.03. The van der Waals surface area contributed by atoms with E-state index in [1.807, 2.05) is 10.5 Å². The molecule has 2 aromatic carbocycles. The number of aromatic amines is 2. The fourth-order valence-electron chi connectivity index (χ4n) is 3.93. The summed E-state index contributed by atoms with van der Waals surface area (Å²) in [5.74, 6) is 0.186. The highest BCUT2D eigenvalue weighted by Crippen LogP contribution is 2.29. The number of hydrogen-bond donors (Lipinski definition) is 2. The highest BCUT2D eigenvalue weighted by molar-refractivity contribution is 7.99. The number of nitrogens with one attached hydrogen (secondary N) is 2. The van der Waals surface area contributed by atoms with E-state index < -0.39 is 0 Å². The van der Waals surface area contributed by atoms with E-state index in [0.717, 1.165) is 27.7 Å². The molecule has 0 aliphatic rings. The van der Waals surface area contributed by atoms with Gasteiger partial charge in [0.1, 0.15) is 0 Å². The van der Waals surface area contributed by atoms with Crippen molar-refractivity contribution in [2.45, 2.75) is 25.9 Å². The van der Waals surface area contributed by atoms with Crippen LogP contribution in [0.4, 0.5) is 0 Å². The molecule has 2 N–H and O–H groups in total. The topological polar surface area (TPSA) is 95.9 Å². The van der Waals surface area contributed by atoms with Gasteiger partial charge in [-0.3, -0.25) is 9.20 Å². The molecule has 0 radical (unpaired) electrons. The van der Waals surface area contributed by atoms with Crippen molar-refractivity contribution in [1.82, 2.24) is 24.6 Å². The van der Waals surface area contributed by atoms with Gasteiger partial charge in [-0.1, -0.05) is 23.4 Å². The van der Waals surface area contributed by atoms with Crippen molar-refractivity contribution in [3.05, 3.63) is 69.1 Å². The van der Waals surface area contributed by atoms with E-state index in [0.29, 0.717) is 21.8 Å². The molecule has 8 heteroatoms. The van der Waals surface area contributed by atoms with Gasteiger partial charge in [0, 0.05) is 10.9 Å². The van der Waals surface area contributed by atoms with E-state index >= 15 is 0 Å². The number of aryl methyl sites for hydroxylation is 3. The van der Waals surface area contributed by atoms with Crippen LogP contribution in [-0.4, -0.2) is 36.1 Å². The highest BCUT2D eigenvalue weighted by Gasteiger charge is 2.16. The lowest BCUT2D eigenvalue weighted by Crippen LogP contribution is -2.04. The van der Waals surface area contributed by atoms with Gasteiger partial charge in [-0.2, -0.15) is 0 Å². The number of carbonyl (C=O) groups excluding carboxylic acids is 1. The van der Waals surface area contributed by atoms with E-state index in [1.165, 1.54) is 17.3 Å². The zero-order chi connectivity index (χ0) is 21.0. The quantitative estimate of drug-likeness (QED) is 0.341. The molecule has 0 saturated heterocycles. The minimum Gasteiger partial charge on any atom is -0.306 e. The van der Waals surface area contributed by atoms with E-state index in [4.69, 9.17) is 0 Å². The number of Topliss-reactive ketones (excluding diaryl/α,β-unsaturated/α-hetero) is 1. The molecule has 0 aliphatic carbocycles. The summed E-state index contributed by atoms with van der Waals surface area (Å²) in [6, 6.07) is 11.5. The van der Waals surface area contributed by atoms with Crippen LogP contribution in [-0.2, 0) is 0 Å². The van der Waals surface area contributed by atoms with Gasteiger partial charge >= 0.3 is 5.69 Å². The van der Waals surface area contributed by atoms with Crippen LogP contribution in [0.2, 0.25) is 0 Å². The number of benzene rings is 2. The van der Waals surface area contributed by atoms with E-state index in [-0.39, 0.29) is 17.2 Å². The number of aromatic nitrogens is 5. The summed E-state index contributed by atoms with van der Waals surface area (Å²) in [5.41, 5.74) is 6.91. The van der Waals surface area contributed by atoms with Gasteiger partial charge in [-0.25, -0.2) is 4.79 Å². The number of rotatable bonds is 4. The molecule has 3 aromatic heterocycles. The Labute approximate surface area is 175 Å². The molecule has 0 saturated carbocycles. The second-order valence-corrected chi connectivity index (χ2v) is 8.48. The molecule has 0 aliphatic heterocycles. The van der Waals surface area contributed by atoms with Crippen LogP contribution in [0.3, 0.4) is 0 Å². The van der Waals surface area contributed by atoms with E-state index in [1.54, 1.807) is 18.2 Å². The fraction of sp³-hybridized carbons (Fsp3) is 0.182. The molecular weight excluding hydrogens is 398 g/mol. The van der Waals surface area contributed by atoms with Gasteiger partial charge < -0.3 is 9.97 Å². The maximum Gasteiger partial charge on any atom is 0.323 e. The number of pyridine rings is 1. The molecule has 0 atom stereocenters. The second-order valence-electron chi connectivity index (χ2n) is 7.53. The van der Waals surface area contributed by atoms with Crippen LogP contribution in [0.15, 0.2) is 46.3 Å². The number of ketones is 1. The Morgan fingerprint density at radius 3 is 2.63 bits per heavy atom. The maximum absolute atomic E-state index is 12.8.